The monoisotopic (exact) mass is 172 g/mol. The van der Waals surface area contributed by atoms with Crippen molar-refractivity contribution in [3.05, 3.63) is 25.3 Å². The molecule has 0 saturated heterocycles. The molecule has 1 aliphatic rings. The molecule has 0 radical (unpaired) electrons. The van der Waals surface area contributed by atoms with Crippen LogP contribution in [-0.2, 0) is 19.1 Å². The van der Waals surface area contributed by atoms with Gasteiger partial charge in [0, 0.05) is 26.4 Å². The molecule has 68 valence electrons. The van der Waals surface area contributed by atoms with Crippen LogP contribution in [0.2, 0.25) is 0 Å². The number of carbonyl (C=O) groups excluding carboxylic acids is 2. The van der Waals surface area contributed by atoms with Crippen LogP contribution in [0.4, 0.5) is 0 Å². The molecule has 0 amide bonds. The first kappa shape index (κ1) is 13.2. The molecule has 0 bridgehead atoms. The zero-order valence-corrected chi connectivity index (χ0v) is 7.20. The number of ether oxygens (including phenoxy) is 2. The highest BCUT2D eigenvalue weighted by Gasteiger charge is 2.10. The number of carbonyl (C=O) groups is 2. The molecule has 0 spiro atoms. The molecule has 1 heterocycles. The molecular formula is C8H12O4. The molecule has 4 heteroatoms. The Morgan fingerprint density at radius 3 is 1.50 bits per heavy atom. The minimum absolute atomic E-state index is 0.579. The summed E-state index contributed by atoms with van der Waals surface area (Å²) in [6, 6.07) is 0. The summed E-state index contributed by atoms with van der Waals surface area (Å²) in [4.78, 5) is 19.8. The summed E-state index contributed by atoms with van der Waals surface area (Å²) in [6.07, 6.45) is 2.17. The molecule has 4 nitrogen and oxygen atoms in total. The number of hydrogen-bond donors (Lipinski definition) is 0. The summed E-state index contributed by atoms with van der Waals surface area (Å²) in [6.45, 7) is 6.00. The van der Waals surface area contributed by atoms with Crippen molar-refractivity contribution in [3.63, 3.8) is 0 Å². The van der Waals surface area contributed by atoms with Gasteiger partial charge in [-0.15, -0.1) is 13.2 Å². The van der Waals surface area contributed by atoms with Crippen LogP contribution >= 0.6 is 0 Å². The van der Waals surface area contributed by atoms with E-state index >= 15 is 0 Å². The fourth-order valence-corrected chi connectivity index (χ4v) is 0.303. The van der Waals surface area contributed by atoms with E-state index in [2.05, 4.69) is 22.6 Å². The van der Waals surface area contributed by atoms with Gasteiger partial charge >= 0.3 is 11.9 Å². The van der Waals surface area contributed by atoms with Crippen LogP contribution in [-0.4, -0.2) is 26.2 Å². The van der Waals surface area contributed by atoms with E-state index in [-0.39, 0.29) is 0 Å². The predicted molar refractivity (Wildman–Crippen MR) is 44.4 cm³/mol. The third-order valence-corrected chi connectivity index (χ3v) is 0.557. The molecule has 0 fully saturated rings. The Labute approximate surface area is 71.5 Å². The summed E-state index contributed by atoms with van der Waals surface area (Å²) in [7, 11) is 3.25. The first-order valence-electron chi connectivity index (χ1n) is 3.04. The Balaban J connectivity index is 0. The van der Waals surface area contributed by atoms with Crippen molar-refractivity contribution in [2.75, 3.05) is 14.2 Å². The maximum Gasteiger partial charge on any atom is 0.338 e. The molecular weight excluding hydrogens is 160 g/mol. The summed E-state index contributed by atoms with van der Waals surface area (Å²) in [5.41, 5.74) is 0. The highest BCUT2D eigenvalue weighted by Crippen LogP contribution is 1.92. The third-order valence-electron chi connectivity index (χ3n) is 0.557. The summed E-state index contributed by atoms with van der Waals surface area (Å²) >= 11 is 0. The zero-order chi connectivity index (χ0) is 9.98. The molecule has 0 aliphatic carbocycles. The summed E-state index contributed by atoms with van der Waals surface area (Å²) < 4.78 is 8.22. The smallest absolute Gasteiger partial charge is 0.338 e. The van der Waals surface area contributed by atoms with Crippen molar-refractivity contribution >= 4 is 11.9 Å². The first-order chi connectivity index (χ1) is 5.70. The normalized spacial score (nSPS) is 12.2. The van der Waals surface area contributed by atoms with Gasteiger partial charge in [-0.1, -0.05) is 0 Å². The van der Waals surface area contributed by atoms with Gasteiger partial charge in [0.15, 0.2) is 0 Å². The molecule has 0 saturated carbocycles. The van der Waals surface area contributed by atoms with Crippen LogP contribution in [0.1, 0.15) is 0 Å². The van der Waals surface area contributed by atoms with Crippen molar-refractivity contribution in [1.29, 1.82) is 0 Å². The van der Waals surface area contributed by atoms with E-state index in [1.807, 2.05) is 0 Å². The van der Waals surface area contributed by atoms with Crippen molar-refractivity contribution in [1.82, 2.24) is 0 Å². The summed E-state index contributed by atoms with van der Waals surface area (Å²) in [5.74, 6) is -1.16. The molecule has 0 aromatic rings. The van der Waals surface area contributed by atoms with E-state index in [4.69, 9.17) is 0 Å². The van der Waals surface area contributed by atoms with E-state index in [0.717, 1.165) is 12.2 Å². The van der Waals surface area contributed by atoms with Gasteiger partial charge in [0.2, 0.25) is 0 Å². The third kappa shape index (κ3) is 8.58. The van der Waals surface area contributed by atoms with E-state index < -0.39 is 11.9 Å². The van der Waals surface area contributed by atoms with Crippen molar-refractivity contribution in [2.24, 2.45) is 0 Å². The Morgan fingerprint density at radius 2 is 1.42 bits per heavy atom. The topological polar surface area (TPSA) is 52.6 Å². The molecule has 0 aromatic carbocycles. The summed E-state index contributed by atoms with van der Waals surface area (Å²) in [5, 5.41) is 0. The number of esters is 2. The molecule has 12 heavy (non-hydrogen) atoms. The van der Waals surface area contributed by atoms with Crippen LogP contribution < -0.4 is 0 Å². The number of methoxy groups -OCH3 is 1. The quantitative estimate of drug-likeness (QED) is 0.306. The molecule has 0 atom stereocenters. The van der Waals surface area contributed by atoms with E-state index in [1.54, 1.807) is 14.2 Å². The number of cyclic esters (lactones) is 2. The van der Waals surface area contributed by atoms with Crippen molar-refractivity contribution in [3.8, 4) is 0 Å². The van der Waals surface area contributed by atoms with E-state index in [1.165, 1.54) is 0 Å². The molecule has 0 aromatic heterocycles. The van der Waals surface area contributed by atoms with Crippen LogP contribution in [0.3, 0.4) is 0 Å². The lowest BCUT2D eigenvalue weighted by atomic mass is 10.6. The van der Waals surface area contributed by atoms with Crippen LogP contribution in [0.15, 0.2) is 25.3 Å². The second kappa shape index (κ2) is 9.58. The van der Waals surface area contributed by atoms with Gasteiger partial charge in [0.25, 0.3) is 0 Å². The van der Waals surface area contributed by atoms with Gasteiger partial charge < -0.3 is 9.47 Å². The predicted octanol–water partition coefficient (Wildman–Crippen LogP) is 0.691. The van der Waals surface area contributed by atoms with Crippen molar-refractivity contribution < 1.29 is 19.1 Å². The Hall–Kier alpha value is -1.42. The number of hydrogen-bond acceptors (Lipinski definition) is 4. The van der Waals surface area contributed by atoms with Gasteiger partial charge in [-0.2, -0.15) is 0 Å². The SMILES string of the molecule is C=C.COC.O=C1C=CC(=O)O1. The lowest BCUT2D eigenvalue weighted by Crippen LogP contribution is -1.96. The molecule has 1 aliphatic heterocycles. The molecule has 0 unspecified atom stereocenters. The van der Waals surface area contributed by atoms with E-state index in [0.29, 0.717) is 0 Å². The van der Waals surface area contributed by atoms with Gasteiger partial charge in [0.1, 0.15) is 0 Å². The zero-order valence-electron chi connectivity index (χ0n) is 7.20. The fourth-order valence-electron chi connectivity index (χ4n) is 0.303. The lowest BCUT2D eigenvalue weighted by molar-refractivity contribution is -0.150. The van der Waals surface area contributed by atoms with E-state index in [9.17, 15) is 9.59 Å². The van der Waals surface area contributed by atoms with Crippen LogP contribution in [0.5, 0.6) is 0 Å². The maximum atomic E-state index is 9.92. The van der Waals surface area contributed by atoms with Crippen molar-refractivity contribution in [2.45, 2.75) is 0 Å². The average Bonchev–Trinajstić information content (AvgIpc) is 2.40. The fraction of sp³-hybridized carbons (Fsp3) is 0.250. The van der Waals surface area contributed by atoms with Gasteiger partial charge in [0.05, 0.1) is 0 Å². The van der Waals surface area contributed by atoms with Gasteiger partial charge in [-0.05, 0) is 0 Å². The van der Waals surface area contributed by atoms with Gasteiger partial charge in [-0.3, -0.25) is 0 Å². The second-order valence-electron chi connectivity index (χ2n) is 1.48. The average molecular weight is 172 g/mol. The maximum absolute atomic E-state index is 9.92. The standard InChI is InChI=1S/C4H2O3.C2H6O.C2H4/c5-3-1-2-4(6)7-3;1-3-2;1-2/h1-2H;1-2H3;1-2H2. The van der Waals surface area contributed by atoms with Gasteiger partial charge in [-0.25, -0.2) is 9.59 Å². The highest BCUT2D eigenvalue weighted by molar-refractivity contribution is 6.04. The Bertz CT molecular complexity index is 156. The largest absolute Gasteiger partial charge is 0.388 e. The molecule has 0 N–H and O–H groups in total. The first-order valence-corrected chi connectivity index (χ1v) is 3.04. The Morgan fingerprint density at radius 1 is 1.17 bits per heavy atom. The highest BCUT2D eigenvalue weighted by atomic mass is 16.6. The van der Waals surface area contributed by atoms with Crippen LogP contribution in [0.25, 0.3) is 0 Å². The van der Waals surface area contributed by atoms with Crippen LogP contribution in [0, 0.1) is 0 Å². The number of rotatable bonds is 0. The molecule has 1 rings (SSSR count). The Kier molecular flexibility index (Phi) is 10.5. The minimum atomic E-state index is -0.579. The second-order valence-corrected chi connectivity index (χ2v) is 1.48. The lowest BCUT2D eigenvalue weighted by Gasteiger charge is -1.80. The minimum Gasteiger partial charge on any atom is -0.388 e.